The normalized spacial score (nSPS) is 20.6. The van der Waals surface area contributed by atoms with Gasteiger partial charge in [0.05, 0.1) is 35.8 Å². The van der Waals surface area contributed by atoms with Gasteiger partial charge in [-0.1, -0.05) is 24.3 Å². The van der Waals surface area contributed by atoms with Crippen molar-refractivity contribution in [3.05, 3.63) is 95.1 Å². The van der Waals surface area contributed by atoms with Crippen molar-refractivity contribution in [1.82, 2.24) is 5.32 Å². The van der Waals surface area contributed by atoms with E-state index < -0.39 is 41.4 Å². The van der Waals surface area contributed by atoms with Gasteiger partial charge >= 0.3 is 5.97 Å². The minimum Gasteiger partial charge on any atom is -0.496 e. The van der Waals surface area contributed by atoms with Crippen LogP contribution >= 0.6 is 0 Å². The lowest BCUT2D eigenvalue weighted by Gasteiger charge is -2.28. The summed E-state index contributed by atoms with van der Waals surface area (Å²) in [5, 5.41) is 23.8. The number of allylic oxidation sites excluding steroid dienone is 1. The molecule has 0 radical (unpaired) electrons. The van der Waals surface area contributed by atoms with E-state index in [1.807, 2.05) is 18.2 Å². The van der Waals surface area contributed by atoms with E-state index in [0.29, 0.717) is 12.0 Å². The Morgan fingerprint density at radius 2 is 1.75 bits per heavy atom. The zero-order valence-corrected chi connectivity index (χ0v) is 21.2. The van der Waals surface area contributed by atoms with Gasteiger partial charge in [-0.15, -0.1) is 0 Å². The van der Waals surface area contributed by atoms with Gasteiger partial charge in [-0.25, -0.2) is 13.6 Å². The molecule has 8 nitrogen and oxygen atoms in total. The van der Waals surface area contributed by atoms with Crippen molar-refractivity contribution in [3.63, 3.8) is 0 Å². The Hall–Kier alpha value is -5.04. The van der Waals surface area contributed by atoms with Gasteiger partial charge in [0.15, 0.2) is 0 Å². The first-order valence-corrected chi connectivity index (χ1v) is 12.4. The molecule has 0 heterocycles. The summed E-state index contributed by atoms with van der Waals surface area (Å²) in [6.45, 7) is 0. The maximum Gasteiger partial charge on any atom is 0.335 e. The van der Waals surface area contributed by atoms with Crippen molar-refractivity contribution < 1.29 is 33.0 Å². The molecule has 3 aromatic carbocycles. The Labute approximate surface area is 227 Å². The third-order valence-electron chi connectivity index (χ3n) is 7.33. The molecule has 2 amide bonds. The Balaban J connectivity index is 1.41. The Morgan fingerprint density at radius 1 is 1.02 bits per heavy atom. The van der Waals surface area contributed by atoms with E-state index >= 15 is 0 Å². The highest BCUT2D eigenvalue weighted by atomic mass is 19.1. The number of anilines is 1. The van der Waals surface area contributed by atoms with Crippen molar-refractivity contribution in [1.29, 1.82) is 5.26 Å². The number of hydrogen-bond acceptors (Lipinski definition) is 5. The van der Waals surface area contributed by atoms with Crippen LogP contribution in [-0.4, -0.2) is 36.0 Å². The standard InChI is InChI=1S/C30H23F2N3O5/c1-40-25-13-24(32)22(16-2-4-17(5-3-16)30(38)39)12-23(25)28(36)35-27-19-7-6-18(10-19)26(27)29(37)34-21-9-15(14-33)8-20(31)11-21/h2-9,11-13,18-19,26-27H,10H2,1H3,(H,34,37)(H,35,36)(H,38,39). The molecule has 2 bridgehead atoms. The molecule has 4 unspecified atom stereocenters. The fourth-order valence-electron chi connectivity index (χ4n) is 5.47. The molecule has 40 heavy (non-hydrogen) atoms. The summed E-state index contributed by atoms with van der Waals surface area (Å²) < 4.78 is 34.1. The van der Waals surface area contributed by atoms with Crippen LogP contribution in [0.4, 0.5) is 14.5 Å². The van der Waals surface area contributed by atoms with Crippen molar-refractivity contribution in [2.24, 2.45) is 17.8 Å². The van der Waals surface area contributed by atoms with Crippen LogP contribution in [0, 0.1) is 40.7 Å². The Morgan fingerprint density at radius 3 is 2.42 bits per heavy atom. The van der Waals surface area contributed by atoms with Crippen molar-refractivity contribution >= 4 is 23.5 Å². The molecule has 2 aliphatic carbocycles. The van der Waals surface area contributed by atoms with Gasteiger partial charge in [0.2, 0.25) is 5.91 Å². The van der Waals surface area contributed by atoms with Gasteiger partial charge in [0.25, 0.3) is 5.91 Å². The van der Waals surface area contributed by atoms with E-state index in [2.05, 4.69) is 10.6 Å². The second-order valence-electron chi connectivity index (χ2n) is 9.72. The van der Waals surface area contributed by atoms with E-state index in [9.17, 15) is 23.2 Å². The molecule has 5 rings (SSSR count). The number of methoxy groups -OCH3 is 1. The lowest BCUT2D eigenvalue weighted by atomic mass is 9.87. The van der Waals surface area contributed by atoms with Crippen LogP contribution in [0.2, 0.25) is 0 Å². The molecule has 2 aliphatic rings. The molecule has 1 saturated carbocycles. The molecule has 10 heteroatoms. The average molecular weight is 544 g/mol. The molecule has 1 fully saturated rings. The molecule has 3 N–H and O–H groups in total. The number of benzene rings is 3. The third kappa shape index (κ3) is 5.01. The summed E-state index contributed by atoms with van der Waals surface area (Å²) >= 11 is 0. The van der Waals surface area contributed by atoms with E-state index in [-0.39, 0.29) is 45.5 Å². The summed E-state index contributed by atoms with van der Waals surface area (Å²) in [6, 6.07) is 12.8. The van der Waals surface area contributed by atoms with Gasteiger partial charge in [-0.2, -0.15) is 5.26 Å². The second kappa shape index (κ2) is 10.6. The summed E-state index contributed by atoms with van der Waals surface area (Å²) in [5.74, 6) is -4.41. The number of nitrogens with zero attached hydrogens (tertiary/aromatic N) is 1. The molecule has 202 valence electrons. The number of carboxylic acid groups (broad SMARTS) is 1. The van der Waals surface area contributed by atoms with Crippen LogP contribution < -0.4 is 15.4 Å². The molecule has 0 saturated heterocycles. The predicted molar refractivity (Wildman–Crippen MR) is 141 cm³/mol. The number of rotatable bonds is 7. The first-order valence-electron chi connectivity index (χ1n) is 12.4. The van der Waals surface area contributed by atoms with Crippen molar-refractivity contribution in [3.8, 4) is 22.9 Å². The van der Waals surface area contributed by atoms with Gasteiger partial charge in [0, 0.05) is 23.4 Å². The van der Waals surface area contributed by atoms with Gasteiger partial charge in [0.1, 0.15) is 17.4 Å². The molecule has 0 spiro atoms. The number of amides is 2. The van der Waals surface area contributed by atoms with Crippen LogP contribution in [0.3, 0.4) is 0 Å². The van der Waals surface area contributed by atoms with Crippen molar-refractivity contribution in [2.75, 3.05) is 12.4 Å². The number of aromatic carboxylic acids is 1. The smallest absolute Gasteiger partial charge is 0.335 e. The first-order chi connectivity index (χ1) is 19.2. The second-order valence-corrected chi connectivity index (χ2v) is 9.72. The predicted octanol–water partition coefficient (Wildman–Crippen LogP) is 4.77. The van der Waals surface area contributed by atoms with E-state index in [1.54, 1.807) is 0 Å². The monoisotopic (exact) mass is 543 g/mol. The summed E-state index contributed by atoms with van der Waals surface area (Å²) in [7, 11) is 1.30. The highest BCUT2D eigenvalue weighted by Gasteiger charge is 2.49. The number of carbonyl (C=O) groups excluding carboxylic acids is 2. The number of hydrogen-bond donors (Lipinski definition) is 3. The Bertz CT molecular complexity index is 1600. The topological polar surface area (TPSA) is 129 Å². The maximum absolute atomic E-state index is 15.0. The number of halogens is 2. The van der Waals surface area contributed by atoms with E-state index in [0.717, 1.165) is 18.2 Å². The Kier molecular flexibility index (Phi) is 7.05. The quantitative estimate of drug-likeness (QED) is 0.369. The van der Waals surface area contributed by atoms with Crippen LogP contribution in [0.15, 0.2) is 66.7 Å². The maximum atomic E-state index is 15.0. The average Bonchev–Trinajstić information content (AvgIpc) is 3.54. The minimum atomic E-state index is -1.12. The molecule has 0 aromatic heterocycles. The number of nitrogens with one attached hydrogen (secondary N) is 2. The van der Waals surface area contributed by atoms with Crippen LogP contribution in [-0.2, 0) is 4.79 Å². The van der Waals surface area contributed by atoms with Crippen LogP contribution in [0.25, 0.3) is 11.1 Å². The molecular formula is C30H23F2N3O5. The van der Waals surface area contributed by atoms with Gasteiger partial charge in [-0.05, 0) is 60.2 Å². The fraction of sp³-hybridized carbons (Fsp3) is 0.200. The summed E-state index contributed by atoms with van der Waals surface area (Å²) in [6.07, 6.45) is 4.49. The number of nitriles is 1. The van der Waals surface area contributed by atoms with Gasteiger partial charge < -0.3 is 20.5 Å². The van der Waals surface area contributed by atoms with E-state index in [4.69, 9.17) is 15.1 Å². The SMILES string of the molecule is COc1cc(F)c(-c2ccc(C(=O)O)cc2)cc1C(=O)NC1C2C=CC(C2)C1C(=O)Nc1cc(F)cc(C#N)c1. The highest BCUT2D eigenvalue weighted by Crippen LogP contribution is 2.44. The number of carboxylic acids is 1. The molecule has 4 atom stereocenters. The lowest BCUT2D eigenvalue weighted by Crippen LogP contribution is -2.47. The van der Waals surface area contributed by atoms with Crippen LogP contribution in [0.5, 0.6) is 5.75 Å². The zero-order valence-electron chi connectivity index (χ0n) is 21.2. The zero-order chi connectivity index (χ0) is 28.6. The first kappa shape index (κ1) is 26.6. The largest absolute Gasteiger partial charge is 0.496 e. The minimum absolute atomic E-state index is 0.00982. The summed E-state index contributed by atoms with van der Waals surface area (Å²) in [4.78, 5) is 38.0. The molecular weight excluding hydrogens is 520 g/mol. The number of carbonyl (C=O) groups is 3. The molecule has 0 aliphatic heterocycles. The number of ether oxygens (including phenoxy) is 1. The fourth-order valence-corrected chi connectivity index (χ4v) is 5.47. The van der Waals surface area contributed by atoms with E-state index in [1.165, 1.54) is 43.5 Å². The molecule has 3 aromatic rings. The van der Waals surface area contributed by atoms with Crippen LogP contribution in [0.1, 0.15) is 32.7 Å². The summed E-state index contributed by atoms with van der Waals surface area (Å²) in [5.41, 5.74) is 0.708. The highest BCUT2D eigenvalue weighted by molar-refractivity contribution is 6.00. The number of fused-ring (bicyclic) bond motifs is 2. The third-order valence-corrected chi connectivity index (χ3v) is 7.33. The van der Waals surface area contributed by atoms with Crippen molar-refractivity contribution in [2.45, 2.75) is 12.5 Å². The van der Waals surface area contributed by atoms with Gasteiger partial charge in [-0.3, -0.25) is 9.59 Å². The lowest BCUT2D eigenvalue weighted by molar-refractivity contribution is -0.121.